The van der Waals surface area contributed by atoms with Gasteiger partial charge in [0.15, 0.2) is 0 Å². The van der Waals surface area contributed by atoms with Gasteiger partial charge in [0, 0.05) is 38.8 Å². The fourth-order valence-electron chi connectivity index (χ4n) is 3.27. The van der Waals surface area contributed by atoms with E-state index in [1.165, 1.54) is 11.1 Å². The Balaban J connectivity index is 1.54. The standard InChI is InChI=1S/C21H27N3O3/c1-16-5-4-6-17(13-16)15-23-9-11-24(12-10-23)21(25)22-19-8-7-18(26-2)14-20(19)27-3/h4-8,13-14H,9-12,15H2,1-3H3,(H,22,25). The molecule has 1 aliphatic rings. The minimum Gasteiger partial charge on any atom is -0.497 e. The molecule has 2 amide bonds. The molecule has 0 atom stereocenters. The van der Waals surface area contributed by atoms with Gasteiger partial charge in [0.1, 0.15) is 11.5 Å². The van der Waals surface area contributed by atoms with Crippen LogP contribution in [0.1, 0.15) is 11.1 Å². The van der Waals surface area contributed by atoms with Crippen molar-refractivity contribution in [2.24, 2.45) is 0 Å². The number of carbonyl (C=O) groups is 1. The van der Waals surface area contributed by atoms with Crippen LogP contribution in [0.25, 0.3) is 0 Å². The summed E-state index contributed by atoms with van der Waals surface area (Å²) in [5.41, 5.74) is 3.24. The first-order valence-electron chi connectivity index (χ1n) is 9.15. The van der Waals surface area contributed by atoms with E-state index in [1.807, 2.05) is 4.90 Å². The summed E-state index contributed by atoms with van der Waals surface area (Å²) in [5, 5.41) is 2.94. The number of hydrogen-bond acceptors (Lipinski definition) is 4. The van der Waals surface area contributed by atoms with E-state index in [2.05, 4.69) is 41.4 Å². The van der Waals surface area contributed by atoms with Gasteiger partial charge in [0.25, 0.3) is 0 Å². The Bertz CT molecular complexity index is 786. The molecular formula is C21H27N3O3. The van der Waals surface area contributed by atoms with Crippen LogP contribution in [-0.4, -0.2) is 56.2 Å². The first kappa shape index (κ1) is 19.0. The molecule has 2 aromatic carbocycles. The minimum absolute atomic E-state index is 0.103. The average Bonchev–Trinajstić information content (AvgIpc) is 2.69. The summed E-state index contributed by atoms with van der Waals surface area (Å²) >= 11 is 0. The molecule has 2 aromatic rings. The van der Waals surface area contributed by atoms with E-state index in [0.29, 0.717) is 30.3 Å². The molecule has 3 rings (SSSR count). The molecular weight excluding hydrogens is 342 g/mol. The molecule has 1 saturated heterocycles. The van der Waals surface area contributed by atoms with Gasteiger partial charge in [-0.15, -0.1) is 0 Å². The number of aryl methyl sites for hydroxylation is 1. The smallest absolute Gasteiger partial charge is 0.322 e. The maximum absolute atomic E-state index is 12.6. The number of benzene rings is 2. The quantitative estimate of drug-likeness (QED) is 0.878. The third kappa shape index (κ3) is 4.92. The normalized spacial score (nSPS) is 14.7. The number of rotatable bonds is 5. The Kier molecular flexibility index (Phi) is 6.19. The number of hydrogen-bond donors (Lipinski definition) is 1. The Labute approximate surface area is 160 Å². The lowest BCUT2D eigenvalue weighted by Gasteiger charge is -2.34. The van der Waals surface area contributed by atoms with Crippen molar-refractivity contribution in [3.05, 3.63) is 53.6 Å². The SMILES string of the molecule is COc1ccc(NC(=O)N2CCN(Cc3cccc(C)c3)CC2)c(OC)c1. The largest absolute Gasteiger partial charge is 0.497 e. The Morgan fingerprint density at radius 2 is 1.81 bits per heavy atom. The highest BCUT2D eigenvalue weighted by atomic mass is 16.5. The zero-order chi connectivity index (χ0) is 19.2. The van der Waals surface area contributed by atoms with E-state index in [-0.39, 0.29) is 6.03 Å². The third-order valence-corrected chi connectivity index (χ3v) is 4.80. The van der Waals surface area contributed by atoms with Gasteiger partial charge in [0.05, 0.1) is 19.9 Å². The van der Waals surface area contributed by atoms with Crippen LogP contribution in [0.3, 0.4) is 0 Å². The summed E-state index contributed by atoms with van der Waals surface area (Å²) in [6.45, 7) is 6.16. The van der Waals surface area contributed by atoms with Gasteiger partial charge in [-0.05, 0) is 24.6 Å². The zero-order valence-corrected chi connectivity index (χ0v) is 16.2. The monoisotopic (exact) mass is 369 g/mol. The molecule has 0 saturated carbocycles. The highest BCUT2D eigenvalue weighted by Gasteiger charge is 2.22. The predicted molar refractivity (Wildman–Crippen MR) is 107 cm³/mol. The number of piperazine rings is 1. The number of anilines is 1. The van der Waals surface area contributed by atoms with Crippen LogP contribution >= 0.6 is 0 Å². The van der Waals surface area contributed by atoms with Crippen LogP contribution in [0.15, 0.2) is 42.5 Å². The van der Waals surface area contributed by atoms with E-state index >= 15 is 0 Å². The molecule has 6 heteroatoms. The summed E-state index contributed by atoms with van der Waals surface area (Å²) < 4.78 is 10.5. The topological polar surface area (TPSA) is 54.0 Å². The Hall–Kier alpha value is -2.73. The second kappa shape index (κ2) is 8.77. The first-order chi connectivity index (χ1) is 13.1. The lowest BCUT2D eigenvalue weighted by molar-refractivity contribution is 0.143. The van der Waals surface area contributed by atoms with Crippen LogP contribution in [0.5, 0.6) is 11.5 Å². The molecule has 1 aliphatic heterocycles. The lowest BCUT2D eigenvalue weighted by atomic mass is 10.1. The third-order valence-electron chi connectivity index (χ3n) is 4.80. The number of carbonyl (C=O) groups excluding carboxylic acids is 1. The predicted octanol–water partition coefficient (Wildman–Crippen LogP) is 3.36. The van der Waals surface area contributed by atoms with Crippen molar-refractivity contribution in [3.63, 3.8) is 0 Å². The van der Waals surface area contributed by atoms with Crippen LogP contribution in [0.4, 0.5) is 10.5 Å². The molecule has 0 aliphatic carbocycles. The highest BCUT2D eigenvalue weighted by molar-refractivity contribution is 5.91. The summed E-state index contributed by atoms with van der Waals surface area (Å²) in [6, 6.07) is 13.8. The number of nitrogens with one attached hydrogen (secondary N) is 1. The lowest BCUT2D eigenvalue weighted by Crippen LogP contribution is -2.49. The van der Waals surface area contributed by atoms with Gasteiger partial charge in [-0.3, -0.25) is 4.90 Å². The fourth-order valence-corrected chi connectivity index (χ4v) is 3.27. The molecule has 0 radical (unpaired) electrons. The summed E-state index contributed by atoms with van der Waals surface area (Å²) in [4.78, 5) is 16.8. The molecule has 1 fully saturated rings. The molecule has 0 spiro atoms. The van der Waals surface area contributed by atoms with Crippen molar-refractivity contribution in [3.8, 4) is 11.5 Å². The van der Waals surface area contributed by atoms with Crippen molar-refractivity contribution in [2.45, 2.75) is 13.5 Å². The second-order valence-corrected chi connectivity index (χ2v) is 6.75. The van der Waals surface area contributed by atoms with Crippen molar-refractivity contribution in [1.29, 1.82) is 0 Å². The number of nitrogens with zero attached hydrogens (tertiary/aromatic N) is 2. The van der Waals surface area contributed by atoms with E-state index in [9.17, 15) is 4.79 Å². The van der Waals surface area contributed by atoms with Gasteiger partial charge in [-0.2, -0.15) is 0 Å². The van der Waals surface area contributed by atoms with E-state index in [4.69, 9.17) is 9.47 Å². The van der Waals surface area contributed by atoms with E-state index in [0.717, 1.165) is 19.6 Å². The van der Waals surface area contributed by atoms with Crippen molar-refractivity contribution in [2.75, 3.05) is 45.7 Å². The molecule has 6 nitrogen and oxygen atoms in total. The molecule has 0 aromatic heterocycles. The number of urea groups is 1. The average molecular weight is 369 g/mol. The second-order valence-electron chi connectivity index (χ2n) is 6.75. The molecule has 0 unspecified atom stereocenters. The summed E-state index contributed by atoms with van der Waals surface area (Å²) in [7, 11) is 3.18. The number of methoxy groups -OCH3 is 2. The van der Waals surface area contributed by atoms with E-state index in [1.54, 1.807) is 32.4 Å². The van der Waals surface area contributed by atoms with Crippen LogP contribution in [0.2, 0.25) is 0 Å². The molecule has 144 valence electrons. The molecule has 1 N–H and O–H groups in total. The first-order valence-corrected chi connectivity index (χ1v) is 9.15. The number of ether oxygens (including phenoxy) is 2. The van der Waals surface area contributed by atoms with Gasteiger partial charge >= 0.3 is 6.03 Å². The molecule has 1 heterocycles. The number of amides is 2. The Morgan fingerprint density at radius 1 is 1.04 bits per heavy atom. The van der Waals surface area contributed by atoms with Crippen LogP contribution in [0, 0.1) is 6.92 Å². The molecule has 27 heavy (non-hydrogen) atoms. The summed E-state index contributed by atoms with van der Waals surface area (Å²) in [5.74, 6) is 1.27. The maximum Gasteiger partial charge on any atom is 0.322 e. The van der Waals surface area contributed by atoms with Crippen LogP contribution in [-0.2, 0) is 6.54 Å². The highest BCUT2D eigenvalue weighted by Crippen LogP contribution is 2.29. The van der Waals surface area contributed by atoms with Crippen molar-refractivity contribution < 1.29 is 14.3 Å². The minimum atomic E-state index is -0.103. The summed E-state index contributed by atoms with van der Waals surface area (Å²) in [6.07, 6.45) is 0. The maximum atomic E-state index is 12.6. The van der Waals surface area contributed by atoms with Crippen molar-refractivity contribution >= 4 is 11.7 Å². The Morgan fingerprint density at radius 3 is 2.48 bits per heavy atom. The van der Waals surface area contributed by atoms with Gasteiger partial charge < -0.3 is 19.7 Å². The molecule has 0 bridgehead atoms. The van der Waals surface area contributed by atoms with Gasteiger partial charge in [-0.25, -0.2) is 4.79 Å². The van der Waals surface area contributed by atoms with Crippen LogP contribution < -0.4 is 14.8 Å². The van der Waals surface area contributed by atoms with E-state index < -0.39 is 0 Å². The zero-order valence-electron chi connectivity index (χ0n) is 16.2. The van der Waals surface area contributed by atoms with Crippen molar-refractivity contribution in [1.82, 2.24) is 9.80 Å². The fraction of sp³-hybridized carbons (Fsp3) is 0.381. The van der Waals surface area contributed by atoms with Gasteiger partial charge in [-0.1, -0.05) is 29.8 Å². The van der Waals surface area contributed by atoms with Gasteiger partial charge in [0.2, 0.25) is 0 Å².